The third-order valence-electron chi connectivity index (χ3n) is 5.34. The van der Waals surface area contributed by atoms with Crippen molar-refractivity contribution in [3.05, 3.63) is 65.9 Å². The molecule has 144 valence electrons. The number of likely N-dealkylation sites (tertiary alicyclic amines) is 1. The molecule has 0 amide bonds. The van der Waals surface area contributed by atoms with Gasteiger partial charge in [-0.3, -0.25) is 4.90 Å². The fourth-order valence-electron chi connectivity index (χ4n) is 3.96. The van der Waals surface area contributed by atoms with Gasteiger partial charge in [0.1, 0.15) is 19.0 Å². The molecular formula is C22H21FN2O3. The molecule has 6 heteroatoms. The van der Waals surface area contributed by atoms with E-state index in [4.69, 9.17) is 13.9 Å². The van der Waals surface area contributed by atoms with Gasteiger partial charge in [0.15, 0.2) is 17.3 Å². The molecule has 0 saturated carbocycles. The molecule has 0 radical (unpaired) electrons. The second-order valence-electron chi connectivity index (χ2n) is 7.16. The lowest BCUT2D eigenvalue weighted by molar-refractivity contribution is 0.170. The molecule has 3 aromatic rings. The molecule has 1 aromatic heterocycles. The van der Waals surface area contributed by atoms with Crippen molar-refractivity contribution < 1.29 is 18.3 Å². The first-order valence-corrected chi connectivity index (χ1v) is 9.60. The smallest absolute Gasteiger partial charge is 0.209 e. The summed E-state index contributed by atoms with van der Waals surface area (Å²) in [7, 11) is 0. The summed E-state index contributed by atoms with van der Waals surface area (Å²) in [5, 5.41) is 0. The largest absolute Gasteiger partial charge is 0.486 e. The van der Waals surface area contributed by atoms with E-state index in [1.807, 2.05) is 6.07 Å². The lowest BCUT2D eigenvalue weighted by Crippen LogP contribution is -2.23. The zero-order chi connectivity index (χ0) is 18.9. The molecule has 0 aliphatic carbocycles. The molecule has 2 aliphatic heterocycles. The summed E-state index contributed by atoms with van der Waals surface area (Å²) in [5.41, 5.74) is 2.05. The SMILES string of the molecule is Fc1ccc(-c2cnc(CN3CCCC3c3ccc4c(c3)OCCO4)o2)cc1. The summed E-state index contributed by atoms with van der Waals surface area (Å²) in [5.74, 6) is 2.71. The van der Waals surface area contributed by atoms with E-state index in [0.29, 0.717) is 37.5 Å². The Bertz CT molecular complexity index is 970. The van der Waals surface area contributed by atoms with E-state index in [1.54, 1.807) is 18.3 Å². The van der Waals surface area contributed by atoms with Gasteiger partial charge in [-0.05, 0) is 61.3 Å². The van der Waals surface area contributed by atoms with E-state index in [0.717, 1.165) is 36.4 Å². The van der Waals surface area contributed by atoms with Crippen LogP contribution in [0.3, 0.4) is 0 Å². The number of oxazole rings is 1. The quantitative estimate of drug-likeness (QED) is 0.663. The van der Waals surface area contributed by atoms with Crippen molar-refractivity contribution >= 4 is 0 Å². The van der Waals surface area contributed by atoms with E-state index >= 15 is 0 Å². The minimum absolute atomic E-state index is 0.261. The predicted molar refractivity (Wildman–Crippen MR) is 102 cm³/mol. The molecular weight excluding hydrogens is 359 g/mol. The number of nitrogens with zero attached hydrogens (tertiary/aromatic N) is 2. The molecule has 5 nitrogen and oxygen atoms in total. The number of halogens is 1. The maximum Gasteiger partial charge on any atom is 0.209 e. The van der Waals surface area contributed by atoms with Crippen LogP contribution in [0.1, 0.15) is 30.3 Å². The van der Waals surface area contributed by atoms with Crippen LogP contribution in [0.5, 0.6) is 11.5 Å². The Morgan fingerprint density at radius 3 is 2.71 bits per heavy atom. The van der Waals surface area contributed by atoms with Crippen molar-refractivity contribution in [2.24, 2.45) is 0 Å². The van der Waals surface area contributed by atoms with Crippen LogP contribution in [0.15, 0.2) is 53.1 Å². The molecule has 0 spiro atoms. The number of rotatable bonds is 4. The molecule has 1 saturated heterocycles. The highest BCUT2D eigenvalue weighted by Gasteiger charge is 2.28. The van der Waals surface area contributed by atoms with Crippen LogP contribution in [0.4, 0.5) is 4.39 Å². The third-order valence-corrected chi connectivity index (χ3v) is 5.34. The van der Waals surface area contributed by atoms with Crippen LogP contribution in [0.2, 0.25) is 0 Å². The zero-order valence-electron chi connectivity index (χ0n) is 15.4. The lowest BCUT2D eigenvalue weighted by atomic mass is 10.0. The molecule has 1 fully saturated rings. The standard InChI is InChI=1S/C22H21FN2O3/c23-17-6-3-15(4-7-17)21-13-24-22(28-21)14-25-9-1-2-18(25)16-5-8-19-20(12-16)27-11-10-26-19/h3-8,12-13,18H,1-2,9-11,14H2. The molecule has 28 heavy (non-hydrogen) atoms. The number of aromatic nitrogens is 1. The summed E-state index contributed by atoms with van der Waals surface area (Å²) in [6.07, 6.45) is 3.92. The summed E-state index contributed by atoms with van der Waals surface area (Å²) >= 11 is 0. The minimum atomic E-state index is -0.261. The van der Waals surface area contributed by atoms with Gasteiger partial charge in [0.25, 0.3) is 0 Å². The van der Waals surface area contributed by atoms with Gasteiger partial charge in [0.2, 0.25) is 5.89 Å². The van der Waals surface area contributed by atoms with Crippen LogP contribution in [-0.4, -0.2) is 29.6 Å². The predicted octanol–water partition coefficient (Wildman–Crippen LogP) is 4.59. The average molecular weight is 380 g/mol. The molecule has 0 bridgehead atoms. The van der Waals surface area contributed by atoms with Gasteiger partial charge in [-0.2, -0.15) is 0 Å². The van der Waals surface area contributed by atoms with E-state index in [9.17, 15) is 4.39 Å². The fourth-order valence-corrected chi connectivity index (χ4v) is 3.96. The van der Waals surface area contributed by atoms with Crippen LogP contribution in [0, 0.1) is 5.82 Å². The average Bonchev–Trinajstić information content (AvgIpc) is 3.38. The lowest BCUT2D eigenvalue weighted by Gasteiger charge is -2.25. The molecule has 5 rings (SSSR count). The first-order valence-electron chi connectivity index (χ1n) is 9.60. The van der Waals surface area contributed by atoms with Crippen molar-refractivity contribution in [1.82, 2.24) is 9.88 Å². The minimum Gasteiger partial charge on any atom is -0.486 e. The first kappa shape index (κ1) is 17.3. The van der Waals surface area contributed by atoms with Gasteiger partial charge < -0.3 is 13.9 Å². The highest BCUT2D eigenvalue weighted by atomic mass is 19.1. The summed E-state index contributed by atoms with van der Waals surface area (Å²) in [6, 6.07) is 12.8. The van der Waals surface area contributed by atoms with Crippen LogP contribution in [0.25, 0.3) is 11.3 Å². The van der Waals surface area contributed by atoms with Crippen molar-refractivity contribution in [3.63, 3.8) is 0 Å². The summed E-state index contributed by atoms with van der Waals surface area (Å²) < 4.78 is 30.4. The summed E-state index contributed by atoms with van der Waals surface area (Å²) in [6.45, 7) is 2.82. The number of benzene rings is 2. The van der Waals surface area contributed by atoms with Crippen molar-refractivity contribution in [3.8, 4) is 22.8 Å². The second kappa shape index (κ2) is 7.28. The number of hydrogen-bond donors (Lipinski definition) is 0. The molecule has 2 aromatic carbocycles. The van der Waals surface area contributed by atoms with Gasteiger partial charge in [0, 0.05) is 11.6 Å². The van der Waals surface area contributed by atoms with Crippen molar-refractivity contribution in [2.75, 3.05) is 19.8 Å². The molecule has 3 heterocycles. The van der Waals surface area contributed by atoms with Crippen molar-refractivity contribution in [2.45, 2.75) is 25.4 Å². The van der Waals surface area contributed by atoms with Gasteiger partial charge in [-0.1, -0.05) is 6.07 Å². The van der Waals surface area contributed by atoms with Crippen molar-refractivity contribution in [1.29, 1.82) is 0 Å². The number of ether oxygens (including phenoxy) is 2. The normalized spacial score (nSPS) is 19.1. The third kappa shape index (κ3) is 3.36. The first-order chi connectivity index (χ1) is 13.8. The Morgan fingerprint density at radius 2 is 1.86 bits per heavy atom. The molecule has 1 atom stereocenters. The van der Waals surface area contributed by atoms with Gasteiger partial charge in [-0.25, -0.2) is 9.37 Å². The number of fused-ring (bicyclic) bond motifs is 1. The van der Waals surface area contributed by atoms with Gasteiger partial charge in [-0.15, -0.1) is 0 Å². The van der Waals surface area contributed by atoms with E-state index in [-0.39, 0.29) is 5.82 Å². The Kier molecular flexibility index (Phi) is 4.49. The molecule has 2 aliphatic rings. The Hall–Kier alpha value is -2.86. The highest BCUT2D eigenvalue weighted by Crippen LogP contribution is 2.38. The van der Waals surface area contributed by atoms with E-state index in [2.05, 4.69) is 22.0 Å². The van der Waals surface area contributed by atoms with E-state index < -0.39 is 0 Å². The number of hydrogen-bond acceptors (Lipinski definition) is 5. The maximum atomic E-state index is 13.1. The monoisotopic (exact) mass is 380 g/mol. The maximum absolute atomic E-state index is 13.1. The Balaban J connectivity index is 1.33. The van der Waals surface area contributed by atoms with Crippen LogP contribution < -0.4 is 9.47 Å². The van der Waals surface area contributed by atoms with Crippen LogP contribution >= 0.6 is 0 Å². The Morgan fingerprint density at radius 1 is 1.04 bits per heavy atom. The molecule has 1 unspecified atom stereocenters. The van der Waals surface area contributed by atoms with Crippen LogP contribution in [-0.2, 0) is 6.54 Å². The highest BCUT2D eigenvalue weighted by molar-refractivity contribution is 5.55. The zero-order valence-corrected chi connectivity index (χ0v) is 15.4. The summed E-state index contributed by atoms with van der Waals surface area (Å²) in [4.78, 5) is 6.81. The van der Waals surface area contributed by atoms with E-state index in [1.165, 1.54) is 17.7 Å². The second-order valence-corrected chi connectivity index (χ2v) is 7.16. The fraction of sp³-hybridized carbons (Fsp3) is 0.318. The topological polar surface area (TPSA) is 47.7 Å². The van der Waals surface area contributed by atoms with Gasteiger partial charge in [0.05, 0.1) is 12.7 Å². The van der Waals surface area contributed by atoms with Gasteiger partial charge >= 0.3 is 0 Å². The Labute approximate surface area is 162 Å². The molecule has 0 N–H and O–H groups in total.